The Kier molecular flexibility index (Phi) is 6.81. The maximum absolute atomic E-state index is 12.5. The highest BCUT2D eigenvalue weighted by Crippen LogP contribution is 2.22. The van der Waals surface area contributed by atoms with Gasteiger partial charge in [-0.25, -0.2) is 4.79 Å². The summed E-state index contributed by atoms with van der Waals surface area (Å²) in [6, 6.07) is 10.4. The van der Waals surface area contributed by atoms with Gasteiger partial charge in [0.1, 0.15) is 0 Å². The summed E-state index contributed by atoms with van der Waals surface area (Å²) in [6.45, 7) is 3.49. The van der Waals surface area contributed by atoms with E-state index in [0.29, 0.717) is 43.8 Å². The Morgan fingerprint density at radius 2 is 1.86 bits per heavy atom. The van der Waals surface area contributed by atoms with Gasteiger partial charge in [-0.1, -0.05) is 13.0 Å². The van der Waals surface area contributed by atoms with Crippen LogP contribution in [0, 0.1) is 5.92 Å². The highest BCUT2D eigenvalue weighted by Gasteiger charge is 2.28. The van der Waals surface area contributed by atoms with Crippen LogP contribution >= 0.6 is 11.3 Å². The first kappa shape index (κ1) is 20.1. The van der Waals surface area contributed by atoms with Crippen LogP contribution in [-0.4, -0.2) is 42.4 Å². The number of likely N-dealkylation sites (tertiary alicyclic amines) is 1. The fraction of sp³-hybridized carbons (Fsp3) is 0.381. The Morgan fingerprint density at radius 1 is 1.14 bits per heavy atom. The van der Waals surface area contributed by atoms with Gasteiger partial charge in [0, 0.05) is 24.7 Å². The summed E-state index contributed by atoms with van der Waals surface area (Å²) in [5.41, 5.74) is 1.11. The summed E-state index contributed by atoms with van der Waals surface area (Å²) in [7, 11) is 0. The third-order valence-corrected chi connectivity index (χ3v) is 5.57. The van der Waals surface area contributed by atoms with Gasteiger partial charge in [0.15, 0.2) is 0 Å². The number of nitrogens with zero attached hydrogens (tertiary/aromatic N) is 1. The molecule has 1 aliphatic rings. The molecule has 0 aliphatic carbocycles. The van der Waals surface area contributed by atoms with Crippen LogP contribution in [0.4, 0.5) is 5.69 Å². The zero-order valence-electron chi connectivity index (χ0n) is 15.8. The molecule has 1 aliphatic heterocycles. The van der Waals surface area contributed by atoms with E-state index in [-0.39, 0.29) is 23.7 Å². The Balaban J connectivity index is 1.49. The van der Waals surface area contributed by atoms with Crippen LogP contribution in [0.5, 0.6) is 0 Å². The SMILES string of the molecule is CCCOC(=O)c1ccc(NC(=O)C2CCN(C(=O)c3cccs3)CC2)cc1. The van der Waals surface area contributed by atoms with Gasteiger partial charge in [-0.2, -0.15) is 0 Å². The quantitative estimate of drug-likeness (QED) is 0.748. The van der Waals surface area contributed by atoms with Crippen molar-refractivity contribution in [1.82, 2.24) is 4.90 Å². The maximum atomic E-state index is 12.5. The van der Waals surface area contributed by atoms with Gasteiger partial charge in [0.05, 0.1) is 17.0 Å². The number of nitrogens with one attached hydrogen (secondary N) is 1. The van der Waals surface area contributed by atoms with E-state index in [1.807, 2.05) is 29.3 Å². The van der Waals surface area contributed by atoms with Gasteiger partial charge >= 0.3 is 5.97 Å². The molecule has 0 radical (unpaired) electrons. The van der Waals surface area contributed by atoms with E-state index >= 15 is 0 Å². The lowest BCUT2D eigenvalue weighted by Gasteiger charge is -2.31. The number of hydrogen-bond acceptors (Lipinski definition) is 5. The van der Waals surface area contributed by atoms with E-state index in [0.717, 1.165) is 11.3 Å². The number of hydrogen-bond donors (Lipinski definition) is 1. The molecule has 2 amide bonds. The van der Waals surface area contributed by atoms with Crippen molar-refractivity contribution in [2.24, 2.45) is 5.92 Å². The van der Waals surface area contributed by atoms with Crippen molar-refractivity contribution < 1.29 is 19.1 Å². The van der Waals surface area contributed by atoms with Crippen molar-refractivity contribution in [3.05, 3.63) is 52.2 Å². The number of esters is 1. The molecule has 6 nitrogen and oxygen atoms in total. The minimum absolute atomic E-state index is 0.0411. The highest BCUT2D eigenvalue weighted by atomic mass is 32.1. The van der Waals surface area contributed by atoms with Crippen LogP contribution in [0.25, 0.3) is 0 Å². The first-order valence-electron chi connectivity index (χ1n) is 9.49. The second-order valence-electron chi connectivity index (χ2n) is 6.75. The number of ether oxygens (including phenoxy) is 1. The minimum atomic E-state index is -0.359. The first-order valence-corrected chi connectivity index (χ1v) is 10.4. The Bertz CT molecular complexity index is 809. The van der Waals surface area contributed by atoms with Crippen LogP contribution in [-0.2, 0) is 9.53 Å². The zero-order chi connectivity index (χ0) is 19.9. The van der Waals surface area contributed by atoms with Gasteiger partial charge in [0.2, 0.25) is 5.91 Å². The fourth-order valence-electron chi connectivity index (χ4n) is 3.11. The average molecular weight is 401 g/mol. The number of thiophene rings is 1. The third-order valence-electron chi connectivity index (χ3n) is 4.71. The predicted molar refractivity (Wildman–Crippen MR) is 109 cm³/mol. The molecule has 7 heteroatoms. The van der Waals surface area contributed by atoms with E-state index < -0.39 is 0 Å². The highest BCUT2D eigenvalue weighted by molar-refractivity contribution is 7.12. The smallest absolute Gasteiger partial charge is 0.338 e. The second-order valence-corrected chi connectivity index (χ2v) is 7.69. The Labute approximate surface area is 168 Å². The molecule has 148 valence electrons. The monoisotopic (exact) mass is 400 g/mol. The van der Waals surface area contributed by atoms with Crippen molar-refractivity contribution in [3.8, 4) is 0 Å². The molecule has 1 aromatic heterocycles. The number of anilines is 1. The summed E-state index contributed by atoms with van der Waals surface area (Å²) in [5.74, 6) is -0.493. The van der Waals surface area contributed by atoms with Crippen molar-refractivity contribution in [2.75, 3.05) is 25.0 Å². The van der Waals surface area contributed by atoms with Gasteiger partial charge < -0.3 is 15.0 Å². The zero-order valence-corrected chi connectivity index (χ0v) is 16.7. The van der Waals surface area contributed by atoms with Gasteiger partial charge in [0.25, 0.3) is 5.91 Å². The fourth-order valence-corrected chi connectivity index (χ4v) is 3.80. The maximum Gasteiger partial charge on any atom is 0.338 e. The molecule has 1 saturated heterocycles. The number of piperidine rings is 1. The summed E-state index contributed by atoms with van der Waals surface area (Å²) >= 11 is 1.44. The summed E-state index contributed by atoms with van der Waals surface area (Å²) in [4.78, 5) is 39.3. The summed E-state index contributed by atoms with van der Waals surface area (Å²) in [5, 5.41) is 4.79. The average Bonchev–Trinajstić information content (AvgIpc) is 3.27. The van der Waals surface area contributed by atoms with Crippen LogP contribution < -0.4 is 5.32 Å². The Hall–Kier alpha value is -2.67. The molecule has 1 aromatic carbocycles. The third kappa shape index (κ3) is 4.98. The molecular weight excluding hydrogens is 376 g/mol. The topological polar surface area (TPSA) is 75.7 Å². The molecule has 0 atom stereocenters. The lowest BCUT2D eigenvalue weighted by Crippen LogP contribution is -2.41. The molecular formula is C21H24N2O4S. The van der Waals surface area contributed by atoms with Crippen LogP contribution in [0.2, 0.25) is 0 Å². The molecule has 2 aromatic rings. The van der Waals surface area contributed by atoms with E-state index in [2.05, 4.69) is 5.32 Å². The van der Waals surface area contributed by atoms with E-state index in [1.165, 1.54) is 11.3 Å². The van der Waals surface area contributed by atoms with E-state index in [1.54, 1.807) is 24.3 Å². The lowest BCUT2D eigenvalue weighted by atomic mass is 9.95. The normalized spacial score (nSPS) is 14.5. The molecule has 28 heavy (non-hydrogen) atoms. The standard InChI is InChI=1S/C21H24N2O4S/c1-2-13-27-21(26)16-5-7-17(8-6-16)22-19(24)15-9-11-23(12-10-15)20(25)18-4-3-14-28-18/h3-8,14-15H,2,9-13H2,1H3,(H,22,24). The summed E-state index contributed by atoms with van der Waals surface area (Å²) < 4.78 is 5.09. The molecule has 1 fully saturated rings. The first-order chi connectivity index (χ1) is 13.6. The number of amides is 2. The van der Waals surface area contributed by atoms with Gasteiger partial charge in [-0.05, 0) is 55.0 Å². The molecule has 0 bridgehead atoms. The molecule has 0 unspecified atom stereocenters. The summed E-state index contributed by atoms with van der Waals surface area (Å²) in [6.07, 6.45) is 2.06. The van der Waals surface area contributed by atoms with Crippen molar-refractivity contribution in [3.63, 3.8) is 0 Å². The van der Waals surface area contributed by atoms with Crippen LogP contribution in [0.3, 0.4) is 0 Å². The molecule has 2 heterocycles. The van der Waals surface area contributed by atoms with Crippen molar-refractivity contribution in [2.45, 2.75) is 26.2 Å². The van der Waals surface area contributed by atoms with Crippen molar-refractivity contribution in [1.29, 1.82) is 0 Å². The van der Waals surface area contributed by atoms with E-state index in [9.17, 15) is 14.4 Å². The van der Waals surface area contributed by atoms with Gasteiger partial charge in [-0.15, -0.1) is 11.3 Å². The second kappa shape index (κ2) is 9.50. The van der Waals surface area contributed by atoms with Gasteiger partial charge in [-0.3, -0.25) is 9.59 Å². The number of carbonyl (C=O) groups excluding carboxylic acids is 3. The number of carbonyl (C=O) groups is 3. The largest absolute Gasteiger partial charge is 0.462 e. The molecule has 0 spiro atoms. The number of benzene rings is 1. The Morgan fingerprint density at radius 3 is 2.46 bits per heavy atom. The molecule has 0 saturated carbocycles. The predicted octanol–water partition coefficient (Wildman–Crippen LogP) is 3.81. The molecule has 1 N–H and O–H groups in total. The van der Waals surface area contributed by atoms with E-state index in [4.69, 9.17) is 4.74 Å². The van der Waals surface area contributed by atoms with Crippen LogP contribution in [0.1, 0.15) is 46.2 Å². The number of rotatable bonds is 6. The molecule has 3 rings (SSSR count). The van der Waals surface area contributed by atoms with Crippen molar-refractivity contribution >= 4 is 34.8 Å². The minimum Gasteiger partial charge on any atom is -0.462 e. The van der Waals surface area contributed by atoms with Crippen LogP contribution in [0.15, 0.2) is 41.8 Å². The lowest BCUT2D eigenvalue weighted by molar-refractivity contribution is -0.121.